The summed E-state index contributed by atoms with van der Waals surface area (Å²) in [5, 5.41) is 2.48. The SMILES string of the molecule is CCOC(=O)c1csc(CN(C(=O)CCC2CCCC2)C(C)C)n1. The predicted molar refractivity (Wildman–Crippen MR) is 94.9 cm³/mol. The summed E-state index contributed by atoms with van der Waals surface area (Å²) in [4.78, 5) is 30.5. The van der Waals surface area contributed by atoms with Crippen molar-refractivity contribution in [2.75, 3.05) is 6.61 Å². The second-order valence-corrected chi connectivity index (χ2v) is 7.59. The van der Waals surface area contributed by atoms with Crippen LogP contribution in [-0.2, 0) is 16.1 Å². The van der Waals surface area contributed by atoms with E-state index in [2.05, 4.69) is 4.98 Å². The van der Waals surface area contributed by atoms with Crippen molar-refractivity contribution in [2.45, 2.75) is 71.9 Å². The van der Waals surface area contributed by atoms with Gasteiger partial charge in [0.05, 0.1) is 13.2 Å². The van der Waals surface area contributed by atoms with E-state index in [-0.39, 0.29) is 11.9 Å². The highest BCUT2D eigenvalue weighted by Gasteiger charge is 2.22. The maximum Gasteiger partial charge on any atom is 0.357 e. The largest absolute Gasteiger partial charge is 0.461 e. The highest BCUT2D eigenvalue weighted by Crippen LogP contribution is 2.29. The summed E-state index contributed by atoms with van der Waals surface area (Å²) in [6, 6.07) is 0.121. The lowest BCUT2D eigenvalue weighted by Crippen LogP contribution is -2.36. The minimum atomic E-state index is -0.399. The van der Waals surface area contributed by atoms with Gasteiger partial charge in [-0.05, 0) is 33.1 Å². The topological polar surface area (TPSA) is 59.5 Å². The third kappa shape index (κ3) is 5.30. The van der Waals surface area contributed by atoms with Crippen molar-refractivity contribution in [3.05, 3.63) is 16.1 Å². The molecule has 24 heavy (non-hydrogen) atoms. The van der Waals surface area contributed by atoms with Crippen LogP contribution < -0.4 is 0 Å². The first-order valence-electron chi connectivity index (χ1n) is 8.92. The Morgan fingerprint density at radius 1 is 1.38 bits per heavy atom. The Hall–Kier alpha value is -1.43. The van der Waals surface area contributed by atoms with Crippen LogP contribution in [0.2, 0.25) is 0 Å². The molecule has 1 saturated carbocycles. The van der Waals surface area contributed by atoms with Crippen molar-refractivity contribution in [3.63, 3.8) is 0 Å². The standard InChI is InChI=1S/C18H28N2O3S/c1-4-23-18(22)15-12-24-16(19-15)11-20(13(2)3)17(21)10-9-14-7-5-6-8-14/h12-14H,4-11H2,1-3H3. The van der Waals surface area contributed by atoms with E-state index >= 15 is 0 Å². The fraction of sp³-hybridized carbons (Fsp3) is 0.722. The smallest absolute Gasteiger partial charge is 0.357 e. The predicted octanol–water partition coefficient (Wildman–Crippen LogP) is 4.03. The number of hydrogen-bond donors (Lipinski definition) is 0. The number of esters is 1. The molecule has 5 nitrogen and oxygen atoms in total. The van der Waals surface area contributed by atoms with E-state index in [1.807, 2.05) is 18.7 Å². The molecular weight excluding hydrogens is 324 g/mol. The molecule has 0 aromatic carbocycles. The average Bonchev–Trinajstić information content (AvgIpc) is 3.21. The van der Waals surface area contributed by atoms with Gasteiger partial charge in [0.2, 0.25) is 5.91 Å². The zero-order valence-corrected chi connectivity index (χ0v) is 15.7. The Kier molecular flexibility index (Phi) is 7.21. The van der Waals surface area contributed by atoms with Crippen LogP contribution in [0.5, 0.6) is 0 Å². The van der Waals surface area contributed by atoms with E-state index in [0.717, 1.165) is 17.3 Å². The molecule has 1 heterocycles. The lowest BCUT2D eigenvalue weighted by molar-refractivity contribution is -0.133. The Balaban J connectivity index is 1.92. The van der Waals surface area contributed by atoms with E-state index < -0.39 is 5.97 Å². The molecule has 2 rings (SSSR count). The monoisotopic (exact) mass is 352 g/mol. The summed E-state index contributed by atoms with van der Waals surface area (Å²) in [7, 11) is 0. The van der Waals surface area contributed by atoms with Gasteiger partial charge in [-0.25, -0.2) is 9.78 Å². The number of rotatable bonds is 8. The normalized spacial score (nSPS) is 15.0. The molecular formula is C18H28N2O3S. The molecule has 0 aliphatic heterocycles. The number of aromatic nitrogens is 1. The first-order valence-corrected chi connectivity index (χ1v) is 9.80. The lowest BCUT2D eigenvalue weighted by Gasteiger charge is -2.26. The van der Waals surface area contributed by atoms with Crippen molar-refractivity contribution in [3.8, 4) is 0 Å². The molecule has 6 heteroatoms. The maximum atomic E-state index is 12.6. The minimum Gasteiger partial charge on any atom is -0.461 e. The van der Waals surface area contributed by atoms with Crippen molar-refractivity contribution >= 4 is 23.2 Å². The quantitative estimate of drug-likeness (QED) is 0.663. The van der Waals surface area contributed by atoms with Crippen LogP contribution in [0.4, 0.5) is 0 Å². The minimum absolute atomic E-state index is 0.121. The van der Waals surface area contributed by atoms with Gasteiger partial charge in [-0.2, -0.15) is 0 Å². The summed E-state index contributed by atoms with van der Waals surface area (Å²) in [5.41, 5.74) is 0.332. The van der Waals surface area contributed by atoms with Gasteiger partial charge in [0, 0.05) is 17.8 Å². The van der Waals surface area contributed by atoms with Crippen molar-refractivity contribution in [2.24, 2.45) is 5.92 Å². The Morgan fingerprint density at radius 2 is 2.08 bits per heavy atom. The molecule has 1 aliphatic rings. The third-order valence-corrected chi connectivity index (χ3v) is 5.36. The molecule has 0 unspecified atom stereocenters. The summed E-state index contributed by atoms with van der Waals surface area (Å²) >= 11 is 1.40. The van der Waals surface area contributed by atoms with Gasteiger partial charge < -0.3 is 9.64 Å². The van der Waals surface area contributed by atoms with Crippen LogP contribution >= 0.6 is 11.3 Å². The van der Waals surface area contributed by atoms with Gasteiger partial charge in [-0.3, -0.25) is 4.79 Å². The maximum absolute atomic E-state index is 12.6. The second kappa shape index (κ2) is 9.16. The molecule has 1 fully saturated rings. The van der Waals surface area contributed by atoms with Gasteiger partial charge in [0.25, 0.3) is 0 Å². The Labute approximate surface area is 148 Å². The lowest BCUT2D eigenvalue weighted by atomic mass is 10.0. The van der Waals surface area contributed by atoms with E-state index in [1.54, 1.807) is 12.3 Å². The molecule has 1 aliphatic carbocycles. The molecule has 1 aromatic rings. The number of carbonyl (C=O) groups is 2. The summed E-state index contributed by atoms with van der Waals surface area (Å²) in [6.07, 6.45) is 6.76. The fourth-order valence-corrected chi connectivity index (χ4v) is 3.92. The van der Waals surface area contributed by atoms with Crippen LogP contribution in [0, 0.1) is 5.92 Å². The van der Waals surface area contributed by atoms with Crippen LogP contribution in [0.25, 0.3) is 0 Å². The molecule has 0 saturated heterocycles. The van der Waals surface area contributed by atoms with Gasteiger partial charge in [0.1, 0.15) is 5.01 Å². The zero-order valence-electron chi connectivity index (χ0n) is 14.9. The van der Waals surface area contributed by atoms with Crippen molar-refractivity contribution in [1.29, 1.82) is 0 Å². The summed E-state index contributed by atoms with van der Waals surface area (Å²) in [5.74, 6) is 0.506. The third-order valence-electron chi connectivity index (χ3n) is 4.53. The van der Waals surface area contributed by atoms with Crippen LogP contribution in [0.3, 0.4) is 0 Å². The van der Waals surface area contributed by atoms with Crippen molar-refractivity contribution in [1.82, 2.24) is 9.88 Å². The van der Waals surface area contributed by atoms with Gasteiger partial charge in [0.15, 0.2) is 5.69 Å². The highest BCUT2D eigenvalue weighted by atomic mass is 32.1. The first kappa shape index (κ1) is 18.9. The highest BCUT2D eigenvalue weighted by molar-refractivity contribution is 7.09. The average molecular weight is 353 g/mol. The fourth-order valence-electron chi connectivity index (χ4n) is 3.16. The number of hydrogen-bond acceptors (Lipinski definition) is 5. The number of nitrogens with zero attached hydrogens (tertiary/aromatic N) is 2. The molecule has 1 aromatic heterocycles. The number of amides is 1. The molecule has 1 amide bonds. The molecule has 0 atom stereocenters. The second-order valence-electron chi connectivity index (χ2n) is 6.65. The number of carbonyl (C=O) groups excluding carboxylic acids is 2. The van der Waals surface area contributed by atoms with E-state index in [1.165, 1.54) is 37.0 Å². The van der Waals surface area contributed by atoms with Crippen LogP contribution in [0.15, 0.2) is 5.38 Å². The van der Waals surface area contributed by atoms with Gasteiger partial charge in [-0.15, -0.1) is 11.3 Å². The van der Waals surface area contributed by atoms with E-state index in [4.69, 9.17) is 4.74 Å². The van der Waals surface area contributed by atoms with E-state index in [9.17, 15) is 9.59 Å². The van der Waals surface area contributed by atoms with Crippen LogP contribution in [-0.4, -0.2) is 34.4 Å². The summed E-state index contributed by atoms with van der Waals surface area (Å²) in [6.45, 7) is 6.62. The van der Waals surface area contributed by atoms with Crippen LogP contribution in [0.1, 0.15) is 74.8 Å². The zero-order chi connectivity index (χ0) is 17.5. The summed E-state index contributed by atoms with van der Waals surface area (Å²) < 4.78 is 4.96. The molecule has 134 valence electrons. The molecule has 0 bridgehead atoms. The van der Waals surface area contributed by atoms with Gasteiger partial charge >= 0.3 is 5.97 Å². The Bertz CT molecular complexity index is 550. The first-order chi connectivity index (χ1) is 11.5. The Morgan fingerprint density at radius 3 is 2.71 bits per heavy atom. The molecule has 0 radical (unpaired) electrons. The molecule has 0 N–H and O–H groups in total. The van der Waals surface area contributed by atoms with E-state index in [0.29, 0.717) is 25.3 Å². The van der Waals surface area contributed by atoms with Crippen molar-refractivity contribution < 1.29 is 14.3 Å². The van der Waals surface area contributed by atoms with Gasteiger partial charge in [-0.1, -0.05) is 25.7 Å². The molecule has 0 spiro atoms. The number of ether oxygens (including phenoxy) is 1. The number of thiazole rings is 1.